The van der Waals surface area contributed by atoms with Crippen LogP contribution in [0.4, 0.5) is 5.82 Å². The van der Waals surface area contributed by atoms with Gasteiger partial charge in [-0.1, -0.05) is 24.3 Å². The van der Waals surface area contributed by atoms with Crippen molar-refractivity contribution >= 4 is 5.82 Å². The predicted octanol–water partition coefficient (Wildman–Crippen LogP) is 2.93. The Morgan fingerprint density at radius 3 is 3.00 bits per heavy atom. The van der Waals surface area contributed by atoms with Gasteiger partial charge in [-0.2, -0.15) is 0 Å². The van der Waals surface area contributed by atoms with Crippen LogP contribution < -0.4 is 5.32 Å². The van der Waals surface area contributed by atoms with E-state index >= 15 is 0 Å². The number of nitrogens with zero attached hydrogens (tertiary/aromatic N) is 2. The molecule has 0 saturated heterocycles. The van der Waals surface area contributed by atoms with Crippen LogP contribution >= 0.6 is 0 Å². The Morgan fingerprint density at radius 2 is 2.11 bits per heavy atom. The Morgan fingerprint density at radius 1 is 1.21 bits per heavy atom. The first-order valence-electron chi connectivity index (χ1n) is 6.96. The van der Waals surface area contributed by atoms with Crippen molar-refractivity contribution in [3.63, 3.8) is 0 Å². The van der Waals surface area contributed by atoms with Gasteiger partial charge < -0.3 is 5.32 Å². The highest BCUT2D eigenvalue weighted by atomic mass is 15.1. The smallest absolute Gasteiger partial charge is 0.129 e. The predicted molar refractivity (Wildman–Crippen MR) is 75.2 cm³/mol. The van der Waals surface area contributed by atoms with E-state index in [9.17, 15) is 0 Å². The molecule has 3 nitrogen and oxygen atoms in total. The average Bonchev–Trinajstić information content (AvgIpc) is 3.13. The topological polar surface area (TPSA) is 37.8 Å². The summed E-state index contributed by atoms with van der Waals surface area (Å²) in [5.74, 6) is 2.43. The van der Waals surface area contributed by atoms with Crippen LogP contribution in [-0.2, 0) is 6.42 Å². The summed E-state index contributed by atoms with van der Waals surface area (Å²) in [6, 6.07) is 11.5. The molecule has 4 rings (SSSR count). The van der Waals surface area contributed by atoms with Gasteiger partial charge in [0.15, 0.2) is 0 Å². The fourth-order valence-corrected chi connectivity index (χ4v) is 3.47. The minimum atomic E-state index is 0.554. The van der Waals surface area contributed by atoms with Crippen LogP contribution in [0, 0.1) is 12.8 Å². The molecule has 2 aliphatic rings. The molecule has 0 spiro atoms. The monoisotopic (exact) mass is 251 g/mol. The van der Waals surface area contributed by atoms with Gasteiger partial charge in [0.25, 0.3) is 0 Å². The molecule has 0 bridgehead atoms. The maximum Gasteiger partial charge on any atom is 0.129 e. The van der Waals surface area contributed by atoms with Crippen LogP contribution in [0.1, 0.15) is 29.2 Å². The number of nitrogens with one attached hydrogen (secondary N) is 1. The summed E-state index contributed by atoms with van der Waals surface area (Å²) >= 11 is 0. The number of benzene rings is 1. The lowest BCUT2D eigenvalue weighted by Crippen LogP contribution is -2.07. The van der Waals surface area contributed by atoms with Crippen LogP contribution in [0.3, 0.4) is 0 Å². The first-order valence-corrected chi connectivity index (χ1v) is 6.96. The summed E-state index contributed by atoms with van der Waals surface area (Å²) in [4.78, 5) is 8.45. The summed E-state index contributed by atoms with van der Waals surface area (Å²) < 4.78 is 0. The zero-order valence-corrected chi connectivity index (χ0v) is 11.0. The van der Waals surface area contributed by atoms with Gasteiger partial charge in [0, 0.05) is 23.7 Å². The van der Waals surface area contributed by atoms with E-state index in [1.807, 2.05) is 13.0 Å². The van der Waals surface area contributed by atoms with Crippen LogP contribution in [-0.4, -0.2) is 16.0 Å². The molecular formula is C16H17N3. The van der Waals surface area contributed by atoms with E-state index in [1.54, 1.807) is 11.9 Å². The molecule has 1 saturated carbocycles. The van der Waals surface area contributed by atoms with Gasteiger partial charge in [-0.3, -0.25) is 0 Å². The molecule has 1 aromatic heterocycles. The van der Waals surface area contributed by atoms with Crippen LogP contribution in [0.2, 0.25) is 0 Å². The Hall–Kier alpha value is -1.90. The molecule has 3 heteroatoms. The fraction of sp³-hybridized carbons (Fsp3) is 0.375. The summed E-state index contributed by atoms with van der Waals surface area (Å²) in [6.07, 6.45) is 4.15. The summed E-state index contributed by atoms with van der Waals surface area (Å²) in [5, 5.41) is 3.59. The molecule has 0 amide bonds. The van der Waals surface area contributed by atoms with Crippen LogP contribution in [0.25, 0.3) is 0 Å². The second kappa shape index (κ2) is 4.05. The second-order valence-electron chi connectivity index (χ2n) is 5.64. The third-order valence-corrected chi connectivity index (χ3v) is 4.45. The Kier molecular flexibility index (Phi) is 2.34. The second-order valence-corrected chi connectivity index (χ2v) is 5.64. The Balaban J connectivity index is 1.58. The normalized spacial score (nSPS) is 27.3. The quantitative estimate of drug-likeness (QED) is 0.891. The molecule has 1 heterocycles. The van der Waals surface area contributed by atoms with Gasteiger partial charge in [-0.05, 0) is 36.8 Å². The van der Waals surface area contributed by atoms with Gasteiger partial charge in [0.1, 0.15) is 12.1 Å². The van der Waals surface area contributed by atoms with E-state index in [1.165, 1.54) is 18.4 Å². The summed E-state index contributed by atoms with van der Waals surface area (Å²) in [7, 11) is 0. The number of rotatable bonds is 2. The highest BCUT2D eigenvalue weighted by molar-refractivity contribution is 5.47. The summed E-state index contributed by atoms with van der Waals surface area (Å²) in [6.45, 7) is 2.00. The van der Waals surface area contributed by atoms with Crippen LogP contribution in [0.15, 0.2) is 36.7 Å². The first-order chi connectivity index (χ1) is 9.33. The first kappa shape index (κ1) is 11.0. The van der Waals surface area contributed by atoms with E-state index in [-0.39, 0.29) is 0 Å². The third kappa shape index (κ3) is 1.81. The Bertz CT molecular complexity index is 623. The third-order valence-electron chi connectivity index (χ3n) is 4.45. The minimum Gasteiger partial charge on any atom is -0.366 e. The maximum atomic E-state index is 4.31. The van der Waals surface area contributed by atoms with Crippen molar-refractivity contribution in [1.82, 2.24) is 9.97 Å². The van der Waals surface area contributed by atoms with Crippen molar-refractivity contribution in [2.24, 2.45) is 5.92 Å². The van der Waals surface area contributed by atoms with Crippen molar-refractivity contribution < 1.29 is 0 Å². The average molecular weight is 251 g/mol. The molecule has 19 heavy (non-hydrogen) atoms. The lowest BCUT2D eigenvalue weighted by molar-refractivity contribution is 0.661. The molecule has 1 aromatic carbocycles. The van der Waals surface area contributed by atoms with E-state index in [0.717, 1.165) is 17.4 Å². The molecule has 1 N–H and O–H groups in total. The van der Waals surface area contributed by atoms with E-state index in [2.05, 4.69) is 39.6 Å². The van der Waals surface area contributed by atoms with Crippen molar-refractivity contribution in [3.05, 3.63) is 53.5 Å². The van der Waals surface area contributed by atoms with Crippen molar-refractivity contribution in [3.8, 4) is 0 Å². The minimum absolute atomic E-state index is 0.554. The molecule has 2 aliphatic carbocycles. The van der Waals surface area contributed by atoms with Gasteiger partial charge in [0.05, 0.1) is 0 Å². The maximum absolute atomic E-state index is 4.31. The molecule has 0 aliphatic heterocycles. The number of hydrogen-bond donors (Lipinski definition) is 1. The number of aryl methyl sites for hydroxylation is 2. The molecule has 1 fully saturated rings. The SMILES string of the molecule is Cc1cc(NC2C3CCc4ccccc4C32)ncn1. The van der Waals surface area contributed by atoms with Crippen LogP contribution in [0.5, 0.6) is 0 Å². The molecule has 2 aromatic rings. The highest BCUT2D eigenvalue weighted by Crippen LogP contribution is 2.55. The Labute approximate surface area is 113 Å². The largest absolute Gasteiger partial charge is 0.366 e. The lowest BCUT2D eigenvalue weighted by atomic mass is 9.92. The van der Waals surface area contributed by atoms with E-state index in [4.69, 9.17) is 0 Å². The molecule has 3 atom stereocenters. The molecule has 3 unspecified atom stereocenters. The molecule has 96 valence electrons. The van der Waals surface area contributed by atoms with Gasteiger partial charge in [-0.15, -0.1) is 0 Å². The zero-order valence-electron chi connectivity index (χ0n) is 11.0. The number of hydrogen-bond acceptors (Lipinski definition) is 3. The van der Waals surface area contributed by atoms with E-state index < -0.39 is 0 Å². The highest BCUT2D eigenvalue weighted by Gasteiger charge is 2.53. The van der Waals surface area contributed by atoms with Crippen molar-refractivity contribution in [1.29, 1.82) is 0 Å². The molecular weight excluding hydrogens is 234 g/mol. The zero-order chi connectivity index (χ0) is 12.8. The van der Waals surface area contributed by atoms with E-state index in [0.29, 0.717) is 12.0 Å². The van der Waals surface area contributed by atoms with Gasteiger partial charge >= 0.3 is 0 Å². The number of aromatic nitrogens is 2. The van der Waals surface area contributed by atoms with Crippen molar-refractivity contribution in [2.45, 2.75) is 31.7 Å². The standard InChI is InChI=1S/C16H17N3/c1-10-8-14(18-9-17-10)19-16-13-7-6-11-4-2-3-5-12(11)15(13)16/h2-5,8-9,13,15-16H,6-7H2,1H3,(H,17,18,19). The summed E-state index contributed by atoms with van der Waals surface area (Å²) in [5.41, 5.74) is 4.09. The molecule has 0 radical (unpaired) electrons. The van der Waals surface area contributed by atoms with Gasteiger partial charge in [-0.25, -0.2) is 9.97 Å². The van der Waals surface area contributed by atoms with Gasteiger partial charge in [0.2, 0.25) is 0 Å². The lowest BCUT2D eigenvalue weighted by Gasteiger charge is -2.13. The van der Waals surface area contributed by atoms with Crippen molar-refractivity contribution in [2.75, 3.05) is 5.32 Å². The number of fused-ring (bicyclic) bond motifs is 3. The number of anilines is 1. The fourth-order valence-electron chi connectivity index (χ4n) is 3.47.